The average molecular weight is 566 g/mol. The third-order valence-electron chi connectivity index (χ3n) is 7.98. The minimum atomic E-state index is -0.518. The highest BCUT2D eigenvalue weighted by Gasteiger charge is 2.47. The molecule has 1 N–H and O–H groups in total. The first-order valence-electron chi connectivity index (χ1n) is 13.1. The second kappa shape index (κ2) is 10.6. The van der Waals surface area contributed by atoms with Crippen LogP contribution in [0.15, 0.2) is 30.3 Å². The maximum absolute atomic E-state index is 14.9. The molecule has 5 nitrogen and oxygen atoms in total. The van der Waals surface area contributed by atoms with Crippen LogP contribution in [0.3, 0.4) is 0 Å². The Balaban J connectivity index is 1.08. The van der Waals surface area contributed by atoms with Gasteiger partial charge in [0, 0.05) is 21.4 Å². The lowest BCUT2D eigenvalue weighted by Crippen LogP contribution is -2.61. The number of piperidine rings is 1. The van der Waals surface area contributed by atoms with E-state index in [1.807, 2.05) is 12.1 Å². The van der Waals surface area contributed by atoms with E-state index in [1.54, 1.807) is 12.1 Å². The summed E-state index contributed by atoms with van der Waals surface area (Å²) in [5, 5.41) is 1.75. The molecule has 37 heavy (non-hydrogen) atoms. The maximum atomic E-state index is 14.9. The van der Waals surface area contributed by atoms with E-state index >= 15 is 0 Å². The highest BCUT2D eigenvalue weighted by atomic mass is 35.5. The molecule has 4 fully saturated rings. The third kappa shape index (κ3) is 5.62. The first-order chi connectivity index (χ1) is 17.9. The third-order valence-corrected chi connectivity index (χ3v) is 9.52. The highest BCUT2D eigenvalue weighted by Crippen LogP contribution is 2.46. The molecule has 2 heterocycles. The summed E-state index contributed by atoms with van der Waals surface area (Å²) in [6.07, 6.45) is 6.28. The Kier molecular flexibility index (Phi) is 7.36. The van der Waals surface area contributed by atoms with Crippen LogP contribution in [0.2, 0.25) is 10.0 Å². The second-order valence-corrected chi connectivity index (χ2v) is 12.8. The number of halogens is 3. The van der Waals surface area contributed by atoms with Crippen molar-refractivity contribution in [1.29, 1.82) is 0 Å². The van der Waals surface area contributed by atoms with E-state index in [1.165, 1.54) is 18.0 Å². The standard InChI is InChI=1S/C28H31Cl2FN2O3S/c29-20-9-19(10-21(30)11-20)28(15-35-16-28)33-7-5-17(6-8-33)14-36-26-13-25(31)24(12-23(26)18-1-2-18)27(34)32-37-22-3-4-22/h9-13,17-18,22H,1-8,14-16H2,(H,32,34). The number of hydrogen-bond acceptors (Lipinski definition) is 5. The molecule has 0 bridgehead atoms. The zero-order valence-corrected chi connectivity index (χ0v) is 22.9. The van der Waals surface area contributed by atoms with Crippen molar-refractivity contribution in [2.24, 2.45) is 5.92 Å². The van der Waals surface area contributed by atoms with Gasteiger partial charge in [-0.3, -0.25) is 14.4 Å². The fourth-order valence-corrected chi connectivity index (χ4v) is 6.63. The van der Waals surface area contributed by atoms with E-state index < -0.39 is 5.82 Å². The quantitative estimate of drug-likeness (QED) is 0.349. The molecule has 2 aromatic carbocycles. The van der Waals surface area contributed by atoms with Crippen LogP contribution in [0.1, 0.15) is 65.9 Å². The summed E-state index contributed by atoms with van der Waals surface area (Å²) in [7, 11) is 0. The van der Waals surface area contributed by atoms with Gasteiger partial charge < -0.3 is 9.47 Å². The van der Waals surface area contributed by atoms with E-state index in [4.69, 9.17) is 32.7 Å². The number of amides is 1. The zero-order chi connectivity index (χ0) is 25.6. The van der Waals surface area contributed by atoms with Crippen molar-refractivity contribution in [2.75, 3.05) is 32.9 Å². The van der Waals surface area contributed by atoms with Gasteiger partial charge in [0.15, 0.2) is 0 Å². The van der Waals surface area contributed by atoms with Gasteiger partial charge in [-0.15, -0.1) is 0 Å². The number of benzene rings is 2. The number of likely N-dealkylation sites (tertiary alicyclic amines) is 1. The predicted molar refractivity (Wildman–Crippen MR) is 145 cm³/mol. The monoisotopic (exact) mass is 564 g/mol. The number of hydrogen-bond donors (Lipinski definition) is 1. The van der Waals surface area contributed by atoms with E-state index in [9.17, 15) is 9.18 Å². The smallest absolute Gasteiger partial charge is 0.264 e. The molecule has 6 rings (SSSR count). The molecule has 198 valence electrons. The van der Waals surface area contributed by atoms with Crippen LogP contribution in [0, 0.1) is 11.7 Å². The number of carbonyl (C=O) groups excluding carboxylic acids is 1. The summed E-state index contributed by atoms with van der Waals surface area (Å²) >= 11 is 14.0. The van der Waals surface area contributed by atoms with Crippen molar-refractivity contribution in [3.8, 4) is 5.75 Å². The maximum Gasteiger partial charge on any atom is 0.264 e. The number of rotatable bonds is 9. The summed E-state index contributed by atoms with van der Waals surface area (Å²) < 4.78 is 29.6. The topological polar surface area (TPSA) is 50.8 Å². The van der Waals surface area contributed by atoms with Crippen molar-refractivity contribution in [3.05, 3.63) is 62.9 Å². The molecule has 0 spiro atoms. The Bertz CT molecular complexity index is 1160. The van der Waals surface area contributed by atoms with Crippen molar-refractivity contribution in [1.82, 2.24) is 9.62 Å². The number of ether oxygens (including phenoxy) is 2. The number of nitrogens with one attached hydrogen (secondary N) is 1. The Morgan fingerprint density at radius 2 is 1.76 bits per heavy atom. The number of carbonyl (C=O) groups is 1. The molecular formula is C28H31Cl2FN2O3S. The molecule has 9 heteroatoms. The van der Waals surface area contributed by atoms with Gasteiger partial charge in [0.25, 0.3) is 5.91 Å². The first-order valence-corrected chi connectivity index (χ1v) is 14.8. The van der Waals surface area contributed by atoms with Gasteiger partial charge in [0.2, 0.25) is 0 Å². The van der Waals surface area contributed by atoms with E-state index in [0.717, 1.165) is 62.7 Å². The summed E-state index contributed by atoms with van der Waals surface area (Å²) in [6, 6.07) is 8.88. The molecular weight excluding hydrogens is 534 g/mol. The van der Waals surface area contributed by atoms with Crippen molar-refractivity contribution in [3.63, 3.8) is 0 Å². The molecule has 4 aliphatic rings. The van der Waals surface area contributed by atoms with Crippen LogP contribution in [0.5, 0.6) is 5.75 Å². The Hall–Kier alpha value is -1.51. The van der Waals surface area contributed by atoms with E-state index in [2.05, 4.69) is 9.62 Å². The van der Waals surface area contributed by atoms with Crippen molar-refractivity contribution >= 4 is 41.1 Å². The molecule has 0 aromatic heterocycles. The normalized spacial score (nSPS) is 21.9. The van der Waals surface area contributed by atoms with Gasteiger partial charge >= 0.3 is 0 Å². The van der Waals surface area contributed by atoms with Gasteiger partial charge in [0.05, 0.1) is 30.9 Å². The van der Waals surface area contributed by atoms with Gasteiger partial charge in [-0.1, -0.05) is 23.2 Å². The van der Waals surface area contributed by atoms with Gasteiger partial charge in [0.1, 0.15) is 11.6 Å². The summed E-state index contributed by atoms with van der Waals surface area (Å²) in [5.74, 6) is 0.444. The Labute approximate surface area is 231 Å². The van der Waals surface area contributed by atoms with Crippen LogP contribution < -0.4 is 9.46 Å². The van der Waals surface area contributed by atoms with Crippen molar-refractivity contribution in [2.45, 2.75) is 55.2 Å². The highest BCUT2D eigenvalue weighted by molar-refractivity contribution is 7.98. The fraction of sp³-hybridized carbons (Fsp3) is 0.536. The average Bonchev–Trinajstić information content (AvgIpc) is 3.75. The SMILES string of the molecule is O=C(NSC1CC1)c1cc(C2CC2)c(OCC2CCN(C3(c4cc(Cl)cc(Cl)c4)COC3)CC2)cc1F. The van der Waals surface area contributed by atoms with E-state index in [-0.39, 0.29) is 17.0 Å². The van der Waals surface area contributed by atoms with Crippen LogP contribution in [0.4, 0.5) is 4.39 Å². The molecule has 2 saturated carbocycles. The van der Waals surface area contributed by atoms with E-state index in [0.29, 0.717) is 52.7 Å². The molecule has 1 amide bonds. The summed E-state index contributed by atoms with van der Waals surface area (Å²) in [4.78, 5) is 15.0. The van der Waals surface area contributed by atoms with Gasteiger partial charge in [-0.2, -0.15) is 0 Å². The lowest BCUT2D eigenvalue weighted by atomic mass is 9.83. The molecule has 2 aromatic rings. The first kappa shape index (κ1) is 25.8. The lowest BCUT2D eigenvalue weighted by Gasteiger charge is -2.52. The predicted octanol–water partition coefficient (Wildman–Crippen LogP) is 6.57. The lowest BCUT2D eigenvalue weighted by molar-refractivity contribution is -0.155. The minimum Gasteiger partial charge on any atom is -0.493 e. The molecule has 0 atom stereocenters. The summed E-state index contributed by atoms with van der Waals surface area (Å²) in [5.41, 5.74) is 2.00. The van der Waals surface area contributed by atoms with Crippen LogP contribution >= 0.6 is 35.1 Å². The largest absolute Gasteiger partial charge is 0.493 e. The molecule has 2 saturated heterocycles. The van der Waals surface area contributed by atoms with Crippen LogP contribution in [-0.2, 0) is 10.3 Å². The minimum absolute atomic E-state index is 0.116. The molecule has 0 unspecified atom stereocenters. The Morgan fingerprint density at radius 3 is 2.35 bits per heavy atom. The van der Waals surface area contributed by atoms with Crippen LogP contribution in [0.25, 0.3) is 0 Å². The molecule has 2 aliphatic heterocycles. The number of nitrogens with zero attached hydrogens (tertiary/aromatic N) is 1. The van der Waals surface area contributed by atoms with Crippen molar-refractivity contribution < 1.29 is 18.7 Å². The van der Waals surface area contributed by atoms with Crippen LogP contribution in [-0.4, -0.2) is 49.0 Å². The second-order valence-electron chi connectivity index (χ2n) is 10.8. The molecule has 2 aliphatic carbocycles. The fourth-order valence-electron chi connectivity index (χ4n) is 5.35. The molecule has 0 radical (unpaired) electrons. The Morgan fingerprint density at radius 1 is 1.05 bits per heavy atom. The summed E-state index contributed by atoms with van der Waals surface area (Å²) in [6.45, 7) is 3.65. The van der Waals surface area contributed by atoms with Gasteiger partial charge in [-0.05, 0) is 111 Å². The zero-order valence-electron chi connectivity index (χ0n) is 20.6. The van der Waals surface area contributed by atoms with Gasteiger partial charge in [-0.25, -0.2) is 4.39 Å².